The third-order valence-electron chi connectivity index (χ3n) is 1.31. The van der Waals surface area contributed by atoms with Gasteiger partial charge in [0.1, 0.15) is 0 Å². The quantitative estimate of drug-likeness (QED) is 0.494. The summed E-state index contributed by atoms with van der Waals surface area (Å²) in [6.45, 7) is 1.98. The zero-order valence-corrected chi connectivity index (χ0v) is 6.50. The number of hydrogen-bond acceptors (Lipinski definition) is 2. The number of aliphatic carboxylic acids is 1. The number of nitriles is 1. The van der Waals surface area contributed by atoms with Gasteiger partial charge in [0.05, 0.1) is 6.07 Å². The summed E-state index contributed by atoms with van der Waals surface area (Å²) in [6.07, 6.45) is 3.34. The van der Waals surface area contributed by atoms with Crippen LogP contribution in [0.5, 0.6) is 0 Å². The van der Waals surface area contributed by atoms with Gasteiger partial charge in [0.2, 0.25) is 0 Å². The van der Waals surface area contributed by atoms with Crippen LogP contribution in [-0.2, 0) is 4.79 Å². The van der Waals surface area contributed by atoms with E-state index in [1.54, 1.807) is 6.07 Å². The van der Waals surface area contributed by atoms with E-state index in [1.165, 1.54) is 0 Å². The average molecular weight is 153 g/mol. The molecule has 0 aliphatic carbocycles. The number of nitrogens with zero attached hydrogens (tertiary/aromatic N) is 1. The topological polar surface area (TPSA) is 61.1 Å². The second kappa shape index (κ2) is 5.48. The molecule has 0 amide bonds. The van der Waals surface area contributed by atoms with Crippen LogP contribution < -0.4 is 0 Å². The lowest BCUT2D eigenvalue weighted by molar-refractivity contribution is -0.132. The van der Waals surface area contributed by atoms with Gasteiger partial charge in [0, 0.05) is 11.6 Å². The summed E-state index contributed by atoms with van der Waals surface area (Å²) in [5.41, 5.74) is 0.203. The third kappa shape index (κ3) is 4.15. The Morgan fingerprint density at radius 2 is 2.36 bits per heavy atom. The summed E-state index contributed by atoms with van der Waals surface area (Å²) >= 11 is 0. The first-order valence-electron chi connectivity index (χ1n) is 3.54. The first-order valence-corrected chi connectivity index (χ1v) is 3.54. The molecule has 60 valence electrons. The predicted octanol–water partition coefficient (Wildman–Crippen LogP) is 1.71. The minimum atomic E-state index is -0.986. The van der Waals surface area contributed by atoms with Crippen LogP contribution >= 0.6 is 0 Å². The van der Waals surface area contributed by atoms with Gasteiger partial charge in [-0.2, -0.15) is 5.26 Å². The van der Waals surface area contributed by atoms with Gasteiger partial charge in [-0.25, -0.2) is 4.79 Å². The minimum absolute atomic E-state index is 0.203. The molecule has 0 aromatic rings. The van der Waals surface area contributed by atoms with Gasteiger partial charge < -0.3 is 5.11 Å². The Morgan fingerprint density at radius 1 is 1.73 bits per heavy atom. The second-order valence-electron chi connectivity index (χ2n) is 2.21. The molecule has 0 heterocycles. The highest BCUT2D eigenvalue weighted by molar-refractivity contribution is 5.87. The van der Waals surface area contributed by atoms with Crippen LogP contribution in [0.15, 0.2) is 11.6 Å². The molecule has 0 atom stereocenters. The first-order chi connectivity index (χ1) is 5.22. The first kappa shape index (κ1) is 9.70. The summed E-state index contributed by atoms with van der Waals surface area (Å²) in [6, 6.07) is 1.72. The van der Waals surface area contributed by atoms with E-state index in [4.69, 9.17) is 10.4 Å². The van der Waals surface area contributed by atoms with Crippen LogP contribution in [0.4, 0.5) is 0 Å². The predicted molar refractivity (Wildman–Crippen MR) is 40.9 cm³/mol. The van der Waals surface area contributed by atoms with Gasteiger partial charge in [-0.1, -0.05) is 13.3 Å². The van der Waals surface area contributed by atoms with E-state index in [0.717, 1.165) is 18.9 Å². The molecule has 0 rings (SSSR count). The number of hydrogen-bond donors (Lipinski definition) is 1. The van der Waals surface area contributed by atoms with Crippen molar-refractivity contribution in [1.82, 2.24) is 0 Å². The fourth-order valence-electron chi connectivity index (χ4n) is 0.686. The van der Waals surface area contributed by atoms with Gasteiger partial charge in [-0.15, -0.1) is 0 Å². The molecule has 0 saturated heterocycles. The lowest BCUT2D eigenvalue weighted by Crippen LogP contribution is -1.99. The van der Waals surface area contributed by atoms with Crippen molar-refractivity contribution in [3.05, 3.63) is 11.6 Å². The van der Waals surface area contributed by atoms with Crippen molar-refractivity contribution in [3.8, 4) is 6.07 Å². The van der Waals surface area contributed by atoms with Crippen molar-refractivity contribution in [2.45, 2.75) is 26.2 Å². The molecule has 0 aromatic carbocycles. The minimum Gasteiger partial charge on any atom is -0.478 e. The maximum Gasteiger partial charge on any atom is 0.332 e. The van der Waals surface area contributed by atoms with Crippen molar-refractivity contribution in [2.24, 2.45) is 0 Å². The molecule has 0 fully saturated rings. The molecule has 0 saturated carbocycles. The van der Waals surface area contributed by atoms with Crippen LogP contribution in [0, 0.1) is 11.3 Å². The summed E-state index contributed by atoms with van der Waals surface area (Å²) in [5, 5.41) is 16.7. The van der Waals surface area contributed by atoms with E-state index in [2.05, 4.69) is 0 Å². The number of carbonyl (C=O) groups is 1. The molecular formula is C8H11NO2. The van der Waals surface area contributed by atoms with E-state index >= 15 is 0 Å². The van der Waals surface area contributed by atoms with Crippen molar-refractivity contribution in [3.63, 3.8) is 0 Å². The molecule has 0 bridgehead atoms. The van der Waals surface area contributed by atoms with Gasteiger partial charge in [-0.05, 0) is 12.8 Å². The highest BCUT2D eigenvalue weighted by Crippen LogP contribution is 2.06. The Bertz CT molecular complexity index is 201. The average Bonchev–Trinajstić information content (AvgIpc) is 1.97. The SMILES string of the molecule is CCCCC(=CC#N)C(=O)O. The molecule has 0 aliphatic heterocycles. The van der Waals surface area contributed by atoms with Gasteiger partial charge in [0.25, 0.3) is 0 Å². The fourth-order valence-corrected chi connectivity index (χ4v) is 0.686. The molecule has 0 radical (unpaired) electrons. The Hall–Kier alpha value is -1.30. The van der Waals surface area contributed by atoms with E-state index in [-0.39, 0.29) is 5.57 Å². The molecule has 3 nitrogen and oxygen atoms in total. The Morgan fingerprint density at radius 3 is 2.73 bits per heavy atom. The highest BCUT2D eigenvalue weighted by Gasteiger charge is 2.04. The number of allylic oxidation sites excluding steroid dienone is 1. The molecule has 0 unspecified atom stereocenters. The summed E-state index contributed by atoms with van der Waals surface area (Å²) in [4.78, 5) is 10.4. The molecule has 1 N–H and O–H groups in total. The largest absolute Gasteiger partial charge is 0.478 e. The summed E-state index contributed by atoms with van der Waals surface area (Å²) in [5.74, 6) is -0.986. The zero-order chi connectivity index (χ0) is 8.69. The van der Waals surface area contributed by atoms with Crippen LogP contribution in [0.1, 0.15) is 26.2 Å². The Balaban J connectivity index is 4.04. The Labute approximate surface area is 66.0 Å². The van der Waals surface area contributed by atoms with E-state index in [9.17, 15) is 4.79 Å². The Kier molecular flexibility index (Phi) is 4.83. The monoisotopic (exact) mass is 153 g/mol. The number of carboxylic acids is 1. The lowest BCUT2D eigenvalue weighted by Gasteiger charge is -1.96. The number of rotatable bonds is 4. The summed E-state index contributed by atoms with van der Waals surface area (Å²) in [7, 11) is 0. The van der Waals surface area contributed by atoms with E-state index < -0.39 is 5.97 Å². The lowest BCUT2D eigenvalue weighted by atomic mass is 10.1. The zero-order valence-electron chi connectivity index (χ0n) is 6.50. The van der Waals surface area contributed by atoms with Crippen molar-refractivity contribution in [1.29, 1.82) is 5.26 Å². The van der Waals surface area contributed by atoms with Crippen molar-refractivity contribution in [2.75, 3.05) is 0 Å². The maximum absolute atomic E-state index is 10.4. The van der Waals surface area contributed by atoms with E-state index in [1.807, 2.05) is 6.92 Å². The molecule has 3 heteroatoms. The summed E-state index contributed by atoms with van der Waals surface area (Å²) < 4.78 is 0. The van der Waals surface area contributed by atoms with Gasteiger partial charge >= 0.3 is 5.97 Å². The number of unbranched alkanes of at least 4 members (excludes halogenated alkanes) is 1. The molecule has 0 aliphatic rings. The van der Waals surface area contributed by atoms with Crippen molar-refractivity contribution >= 4 is 5.97 Å². The number of carboxylic acid groups (broad SMARTS) is 1. The van der Waals surface area contributed by atoms with E-state index in [0.29, 0.717) is 6.42 Å². The smallest absolute Gasteiger partial charge is 0.332 e. The van der Waals surface area contributed by atoms with Crippen LogP contribution in [0.25, 0.3) is 0 Å². The molecule has 0 spiro atoms. The highest BCUT2D eigenvalue weighted by atomic mass is 16.4. The standard InChI is InChI=1S/C8H11NO2/c1-2-3-4-7(5-6-9)8(10)11/h5H,2-4H2,1H3,(H,10,11). The van der Waals surface area contributed by atoms with Crippen LogP contribution in [0.2, 0.25) is 0 Å². The molecule has 0 aromatic heterocycles. The van der Waals surface area contributed by atoms with Crippen LogP contribution in [-0.4, -0.2) is 11.1 Å². The molecular weight excluding hydrogens is 142 g/mol. The third-order valence-corrected chi connectivity index (χ3v) is 1.31. The maximum atomic E-state index is 10.4. The fraction of sp³-hybridized carbons (Fsp3) is 0.500. The second-order valence-corrected chi connectivity index (χ2v) is 2.21. The van der Waals surface area contributed by atoms with Crippen LogP contribution in [0.3, 0.4) is 0 Å². The molecule has 11 heavy (non-hydrogen) atoms. The van der Waals surface area contributed by atoms with Crippen molar-refractivity contribution < 1.29 is 9.90 Å². The van der Waals surface area contributed by atoms with Gasteiger partial charge in [-0.3, -0.25) is 0 Å². The van der Waals surface area contributed by atoms with Gasteiger partial charge in [0.15, 0.2) is 0 Å². The normalized spacial score (nSPS) is 10.7.